The van der Waals surface area contributed by atoms with E-state index in [0.29, 0.717) is 52.0 Å². The Hall–Kier alpha value is -3.02. The van der Waals surface area contributed by atoms with Gasteiger partial charge in [-0.25, -0.2) is 0 Å². The number of ether oxygens (including phenoxy) is 2. The average Bonchev–Trinajstić information content (AvgIpc) is 2.84. The molecule has 2 aromatic rings. The Morgan fingerprint density at radius 3 is 2.44 bits per heavy atom. The van der Waals surface area contributed by atoms with Crippen molar-refractivity contribution < 1.29 is 19.1 Å². The maximum Gasteiger partial charge on any atom is 0.242 e. The first-order valence-electron chi connectivity index (χ1n) is 11.6. The molecule has 6 heteroatoms. The summed E-state index contributed by atoms with van der Waals surface area (Å²) in [5.74, 6) is 1.39. The molecule has 6 nitrogen and oxygen atoms in total. The Morgan fingerprint density at radius 2 is 1.72 bits per heavy atom. The maximum atomic E-state index is 13.3. The van der Waals surface area contributed by atoms with Gasteiger partial charge in [-0.3, -0.25) is 9.59 Å². The van der Waals surface area contributed by atoms with Crippen LogP contribution in [0.4, 0.5) is 0 Å². The van der Waals surface area contributed by atoms with Crippen LogP contribution >= 0.6 is 0 Å². The van der Waals surface area contributed by atoms with Crippen LogP contribution in [-0.2, 0) is 22.4 Å². The monoisotopic (exact) mass is 438 g/mol. The molecule has 0 spiro atoms. The predicted molar refractivity (Wildman–Crippen MR) is 125 cm³/mol. The number of aryl methyl sites for hydroxylation is 1. The lowest BCUT2D eigenvalue weighted by Crippen LogP contribution is -2.50. The fraction of sp³-hybridized carbons (Fsp3) is 0.462. The van der Waals surface area contributed by atoms with Crippen LogP contribution in [0.25, 0.3) is 0 Å². The second-order valence-corrected chi connectivity index (χ2v) is 8.02. The standard InChI is InChI=1S/C26H34N2O4/c1-3-15-27-26(30)22(4-2)28(16-14-20-8-6-5-7-9-20)25(29)13-11-21-10-12-23-24(19-21)32-18-17-31-23/h5-10,12,19,22H,3-4,11,13-18H2,1-2H3,(H,27,30). The van der Waals surface area contributed by atoms with E-state index < -0.39 is 6.04 Å². The third-order valence-corrected chi connectivity index (χ3v) is 5.65. The first-order valence-corrected chi connectivity index (χ1v) is 11.6. The largest absolute Gasteiger partial charge is 0.486 e. The van der Waals surface area contributed by atoms with Crippen LogP contribution in [0.15, 0.2) is 48.5 Å². The molecule has 1 aliphatic heterocycles. The molecule has 1 N–H and O–H groups in total. The topological polar surface area (TPSA) is 67.9 Å². The number of carbonyl (C=O) groups excluding carboxylic acids is 2. The van der Waals surface area contributed by atoms with Crippen molar-refractivity contribution in [2.45, 2.75) is 52.0 Å². The molecular weight excluding hydrogens is 404 g/mol. The third kappa shape index (κ3) is 6.49. The molecule has 3 rings (SSSR count). The van der Waals surface area contributed by atoms with E-state index in [4.69, 9.17) is 9.47 Å². The lowest BCUT2D eigenvalue weighted by atomic mass is 10.1. The Balaban J connectivity index is 1.68. The minimum atomic E-state index is -0.460. The van der Waals surface area contributed by atoms with Gasteiger partial charge in [-0.1, -0.05) is 50.2 Å². The van der Waals surface area contributed by atoms with E-state index in [1.807, 2.05) is 50.2 Å². The fourth-order valence-corrected chi connectivity index (χ4v) is 3.90. The fourth-order valence-electron chi connectivity index (χ4n) is 3.90. The van der Waals surface area contributed by atoms with Crippen LogP contribution < -0.4 is 14.8 Å². The van der Waals surface area contributed by atoms with Gasteiger partial charge in [0.25, 0.3) is 0 Å². The summed E-state index contributed by atoms with van der Waals surface area (Å²) >= 11 is 0. The molecule has 1 heterocycles. The number of hydrogen-bond acceptors (Lipinski definition) is 4. The summed E-state index contributed by atoms with van der Waals surface area (Å²) in [5.41, 5.74) is 2.18. The lowest BCUT2D eigenvalue weighted by molar-refractivity contribution is -0.140. The second-order valence-electron chi connectivity index (χ2n) is 8.02. The second kappa shape index (κ2) is 12.1. The zero-order chi connectivity index (χ0) is 22.8. The van der Waals surface area contributed by atoms with Gasteiger partial charge in [-0.05, 0) is 48.9 Å². The molecule has 0 aliphatic carbocycles. The highest BCUT2D eigenvalue weighted by molar-refractivity contribution is 5.87. The molecule has 1 aliphatic rings. The zero-order valence-corrected chi connectivity index (χ0v) is 19.1. The van der Waals surface area contributed by atoms with E-state index in [1.165, 1.54) is 0 Å². The van der Waals surface area contributed by atoms with Crippen molar-refractivity contribution >= 4 is 11.8 Å². The molecule has 0 radical (unpaired) electrons. The molecule has 1 atom stereocenters. The van der Waals surface area contributed by atoms with Crippen molar-refractivity contribution in [2.75, 3.05) is 26.3 Å². The van der Waals surface area contributed by atoms with E-state index in [9.17, 15) is 9.59 Å². The van der Waals surface area contributed by atoms with Gasteiger partial charge < -0.3 is 19.7 Å². The van der Waals surface area contributed by atoms with Crippen molar-refractivity contribution in [3.05, 3.63) is 59.7 Å². The number of nitrogens with zero attached hydrogens (tertiary/aromatic N) is 1. The molecule has 2 amide bonds. The molecule has 0 bridgehead atoms. The van der Waals surface area contributed by atoms with Crippen LogP contribution in [0.1, 0.15) is 44.2 Å². The number of nitrogens with one attached hydrogen (secondary N) is 1. The number of hydrogen-bond donors (Lipinski definition) is 1. The van der Waals surface area contributed by atoms with Gasteiger partial charge in [0.05, 0.1) is 0 Å². The van der Waals surface area contributed by atoms with Crippen LogP contribution in [-0.4, -0.2) is 49.1 Å². The van der Waals surface area contributed by atoms with Crippen LogP contribution in [0.5, 0.6) is 11.5 Å². The van der Waals surface area contributed by atoms with Crippen molar-refractivity contribution in [1.29, 1.82) is 0 Å². The summed E-state index contributed by atoms with van der Waals surface area (Å²) in [7, 11) is 0. The van der Waals surface area contributed by atoms with E-state index >= 15 is 0 Å². The Labute approximate surface area is 190 Å². The van der Waals surface area contributed by atoms with Gasteiger partial charge in [0, 0.05) is 19.5 Å². The summed E-state index contributed by atoms with van der Waals surface area (Å²) in [6, 6.07) is 15.4. The highest BCUT2D eigenvalue weighted by atomic mass is 16.6. The third-order valence-electron chi connectivity index (χ3n) is 5.65. The highest BCUT2D eigenvalue weighted by Gasteiger charge is 2.27. The van der Waals surface area contributed by atoms with Gasteiger partial charge in [-0.15, -0.1) is 0 Å². The van der Waals surface area contributed by atoms with Crippen LogP contribution in [0.2, 0.25) is 0 Å². The molecule has 0 fully saturated rings. The van der Waals surface area contributed by atoms with Gasteiger partial charge in [0.2, 0.25) is 11.8 Å². The van der Waals surface area contributed by atoms with Crippen LogP contribution in [0, 0.1) is 0 Å². The van der Waals surface area contributed by atoms with Gasteiger partial charge in [-0.2, -0.15) is 0 Å². The number of rotatable bonds is 11. The lowest BCUT2D eigenvalue weighted by Gasteiger charge is -2.30. The molecule has 0 saturated heterocycles. The van der Waals surface area contributed by atoms with Crippen molar-refractivity contribution in [3.8, 4) is 11.5 Å². The number of amides is 2. The van der Waals surface area contributed by atoms with Gasteiger partial charge >= 0.3 is 0 Å². The number of benzene rings is 2. The molecule has 32 heavy (non-hydrogen) atoms. The normalized spacial score (nSPS) is 13.3. The summed E-state index contributed by atoms with van der Waals surface area (Å²) in [6.07, 6.45) is 3.09. The summed E-state index contributed by atoms with van der Waals surface area (Å²) in [4.78, 5) is 27.8. The Morgan fingerprint density at radius 1 is 0.969 bits per heavy atom. The zero-order valence-electron chi connectivity index (χ0n) is 19.1. The van der Waals surface area contributed by atoms with Crippen LogP contribution in [0.3, 0.4) is 0 Å². The molecule has 2 aromatic carbocycles. The summed E-state index contributed by atoms with van der Waals surface area (Å²) < 4.78 is 11.2. The molecular formula is C26H34N2O4. The number of fused-ring (bicyclic) bond motifs is 1. The van der Waals surface area contributed by atoms with E-state index in [0.717, 1.165) is 29.0 Å². The smallest absolute Gasteiger partial charge is 0.242 e. The van der Waals surface area contributed by atoms with Crippen molar-refractivity contribution in [2.24, 2.45) is 0 Å². The van der Waals surface area contributed by atoms with Crippen molar-refractivity contribution in [3.63, 3.8) is 0 Å². The first-order chi connectivity index (χ1) is 15.6. The Bertz CT molecular complexity index is 885. The van der Waals surface area contributed by atoms with E-state index in [-0.39, 0.29) is 11.8 Å². The first kappa shape index (κ1) is 23.6. The van der Waals surface area contributed by atoms with E-state index in [1.54, 1.807) is 4.90 Å². The quantitative estimate of drug-likeness (QED) is 0.580. The molecule has 0 aromatic heterocycles. The van der Waals surface area contributed by atoms with E-state index in [2.05, 4.69) is 17.4 Å². The molecule has 0 saturated carbocycles. The molecule has 172 valence electrons. The SMILES string of the molecule is CCCNC(=O)C(CC)N(CCc1ccccc1)C(=O)CCc1ccc2c(c1)OCCO2. The summed E-state index contributed by atoms with van der Waals surface area (Å²) in [5, 5.41) is 2.96. The molecule has 1 unspecified atom stereocenters. The highest BCUT2D eigenvalue weighted by Crippen LogP contribution is 2.31. The maximum absolute atomic E-state index is 13.3. The summed E-state index contributed by atoms with van der Waals surface area (Å²) in [6.45, 7) is 6.20. The predicted octanol–water partition coefficient (Wildman–Crippen LogP) is 3.77. The Kier molecular flexibility index (Phi) is 8.96. The van der Waals surface area contributed by atoms with Gasteiger partial charge in [0.1, 0.15) is 19.3 Å². The minimum absolute atomic E-state index is 0.00526. The van der Waals surface area contributed by atoms with Gasteiger partial charge in [0.15, 0.2) is 11.5 Å². The van der Waals surface area contributed by atoms with Crippen molar-refractivity contribution in [1.82, 2.24) is 10.2 Å². The number of carbonyl (C=O) groups is 2. The minimum Gasteiger partial charge on any atom is -0.486 e. The average molecular weight is 439 g/mol.